The predicted molar refractivity (Wildman–Crippen MR) is 36.5 cm³/mol. The molecule has 10 heavy (non-hydrogen) atoms. The van der Waals surface area contributed by atoms with Crippen LogP contribution in [0.4, 0.5) is 0 Å². The van der Waals surface area contributed by atoms with Gasteiger partial charge in [0.1, 0.15) is 0 Å². The van der Waals surface area contributed by atoms with Crippen molar-refractivity contribution in [1.82, 2.24) is 0 Å². The van der Waals surface area contributed by atoms with Gasteiger partial charge in [-0.15, -0.1) is 0 Å². The Labute approximate surface area is 59.5 Å². The monoisotopic (exact) mass is 138 g/mol. The molecule has 2 aliphatic carbocycles. The Morgan fingerprint density at radius 1 is 1.60 bits per heavy atom. The van der Waals surface area contributed by atoms with Gasteiger partial charge in [-0.25, -0.2) is 4.79 Å². The first-order valence-corrected chi connectivity index (χ1v) is 3.72. The van der Waals surface area contributed by atoms with Gasteiger partial charge in [0.25, 0.3) is 0 Å². The molecular weight excluding hydrogens is 128 g/mol. The lowest BCUT2D eigenvalue weighted by atomic mass is 9.99. The second kappa shape index (κ2) is 1.84. The molecular formula is C8H10O2. The summed E-state index contributed by atoms with van der Waals surface area (Å²) in [7, 11) is 0. The van der Waals surface area contributed by atoms with Crippen molar-refractivity contribution in [3.8, 4) is 0 Å². The number of rotatable bonds is 1. The number of aliphatic carboxylic acids is 1. The molecule has 0 heterocycles. The van der Waals surface area contributed by atoms with E-state index in [4.69, 9.17) is 5.11 Å². The van der Waals surface area contributed by atoms with E-state index < -0.39 is 5.97 Å². The van der Waals surface area contributed by atoms with Gasteiger partial charge in [-0.3, -0.25) is 0 Å². The third-order valence-electron chi connectivity index (χ3n) is 2.58. The van der Waals surface area contributed by atoms with Gasteiger partial charge < -0.3 is 5.11 Å². The quantitative estimate of drug-likeness (QED) is 0.595. The van der Waals surface area contributed by atoms with E-state index in [0.29, 0.717) is 17.4 Å². The van der Waals surface area contributed by atoms with Crippen molar-refractivity contribution in [3.05, 3.63) is 11.6 Å². The molecule has 1 fully saturated rings. The molecule has 2 aliphatic rings. The van der Waals surface area contributed by atoms with Crippen molar-refractivity contribution in [1.29, 1.82) is 0 Å². The van der Waals surface area contributed by atoms with Crippen molar-refractivity contribution < 1.29 is 9.90 Å². The molecule has 0 saturated heterocycles. The lowest BCUT2D eigenvalue weighted by molar-refractivity contribution is -0.133. The molecule has 0 aromatic carbocycles. The topological polar surface area (TPSA) is 37.3 Å². The minimum atomic E-state index is -0.702. The van der Waals surface area contributed by atoms with E-state index >= 15 is 0 Å². The minimum Gasteiger partial charge on any atom is -0.478 e. The summed E-state index contributed by atoms with van der Waals surface area (Å²) in [5.74, 6) is 0.283. The molecule has 2 rings (SSSR count). The van der Waals surface area contributed by atoms with Gasteiger partial charge in [0.05, 0.1) is 0 Å². The molecule has 2 bridgehead atoms. The third-order valence-corrected chi connectivity index (χ3v) is 2.58. The molecule has 2 heteroatoms. The van der Waals surface area contributed by atoms with Gasteiger partial charge in [0, 0.05) is 5.57 Å². The zero-order valence-corrected chi connectivity index (χ0v) is 5.71. The van der Waals surface area contributed by atoms with Crippen LogP contribution >= 0.6 is 0 Å². The number of carbonyl (C=O) groups is 1. The van der Waals surface area contributed by atoms with Crippen LogP contribution in [0.1, 0.15) is 19.3 Å². The first-order chi connectivity index (χ1) is 4.77. The van der Waals surface area contributed by atoms with E-state index in [1.165, 1.54) is 6.42 Å². The van der Waals surface area contributed by atoms with Crippen LogP contribution in [-0.2, 0) is 4.79 Å². The molecule has 0 aliphatic heterocycles. The molecule has 1 N–H and O–H groups in total. The first kappa shape index (κ1) is 5.96. The normalized spacial score (nSPS) is 36.2. The molecule has 0 aromatic heterocycles. The highest BCUT2D eigenvalue weighted by Gasteiger charge is 2.35. The summed E-state index contributed by atoms with van der Waals surface area (Å²) < 4.78 is 0. The largest absolute Gasteiger partial charge is 0.478 e. The molecule has 2 atom stereocenters. The van der Waals surface area contributed by atoms with Crippen molar-refractivity contribution in [2.75, 3.05) is 0 Å². The van der Waals surface area contributed by atoms with Crippen molar-refractivity contribution in [2.24, 2.45) is 11.8 Å². The fraction of sp³-hybridized carbons (Fsp3) is 0.625. The van der Waals surface area contributed by atoms with Crippen molar-refractivity contribution in [3.63, 3.8) is 0 Å². The number of allylic oxidation sites excluding steroid dienone is 1. The van der Waals surface area contributed by atoms with Crippen molar-refractivity contribution in [2.45, 2.75) is 19.3 Å². The summed E-state index contributed by atoms with van der Waals surface area (Å²) in [5, 5.41) is 8.67. The highest BCUT2D eigenvalue weighted by Crippen LogP contribution is 2.43. The Kier molecular flexibility index (Phi) is 1.10. The maximum absolute atomic E-state index is 10.5. The maximum Gasteiger partial charge on any atom is 0.331 e. The second-order valence-electron chi connectivity index (χ2n) is 3.20. The minimum absolute atomic E-state index is 0.391. The zero-order chi connectivity index (χ0) is 7.14. The average Bonchev–Trinajstić information content (AvgIpc) is 2.44. The lowest BCUT2D eigenvalue weighted by Gasteiger charge is -2.06. The number of hydrogen-bond acceptors (Lipinski definition) is 1. The Bertz CT molecular complexity index is 205. The molecule has 54 valence electrons. The summed E-state index contributed by atoms with van der Waals surface area (Å²) in [5.41, 5.74) is 0.677. The smallest absolute Gasteiger partial charge is 0.331 e. The number of fused-ring (bicyclic) bond motifs is 2. The van der Waals surface area contributed by atoms with E-state index in [0.717, 1.165) is 12.8 Å². The number of carboxylic acid groups (broad SMARTS) is 1. The van der Waals surface area contributed by atoms with Gasteiger partial charge in [0.15, 0.2) is 0 Å². The summed E-state index contributed by atoms with van der Waals surface area (Å²) in [6.45, 7) is 0. The van der Waals surface area contributed by atoms with Gasteiger partial charge in [0.2, 0.25) is 0 Å². The van der Waals surface area contributed by atoms with Gasteiger partial charge in [-0.2, -0.15) is 0 Å². The molecule has 1 saturated carbocycles. The highest BCUT2D eigenvalue weighted by molar-refractivity contribution is 5.88. The van der Waals surface area contributed by atoms with E-state index in [1.807, 2.05) is 6.08 Å². The molecule has 2 nitrogen and oxygen atoms in total. The Hall–Kier alpha value is -0.790. The number of hydrogen-bond donors (Lipinski definition) is 1. The van der Waals surface area contributed by atoms with Crippen LogP contribution in [0, 0.1) is 11.8 Å². The molecule has 0 amide bonds. The second-order valence-corrected chi connectivity index (χ2v) is 3.20. The Morgan fingerprint density at radius 3 is 2.70 bits per heavy atom. The van der Waals surface area contributed by atoms with Crippen LogP contribution in [0.2, 0.25) is 0 Å². The van der Waals surface area contributed by atoms with Crippen LogP contribution in [0.5, 0.6) is 0 Å². The van der Waals surface area contributed by atoms with Gasteiger partial charge >= 0.3 is 5.97 Å². The first-order valence-electron chi connectivity index (χ1n) is 3.72. The SMILES string of the molecule is O=C(O)C1=CC2CCC1C2. The van der Waals surface area contributed by atoms with Gasteiger partial charge in [-0.1, -0.05) is 6.08 Å². The zero-order valence-electron chi connectivity index (χ0n) is 5.71. The Morgan fingerprint density at radius 2 is 2.40 bits per heavy atom. The molecule has 0 spiro atoms. The molecule has 0 aromatic rings. The van der Waals surface area contributed by atoms with Crippen LogP contribution in [-0.4, -0.2) is 11.1 Å². The fourth-order valence-corrected chi connectivity index (χ4v) is 2.09. The lowest BCUT2D eigenvalue weighted by Crippen LogP contribution is -2.07. The van der Waals surface area contributed by atoms with E-state index in [-0.39, 0.29) is 0 Å². The van der Waals surface area contributed by atoms with E-state index in [1.54, 1.807) is 0 Å². The molecule has 0 radical (unpaired) electrons. The standard InChI is InChI=1S/C8H10O2/c9-8(10)7-4-5-1-2-6(7)3-5/h4-6H,1-3H2,(H,9,10). The van der Waals surface area contributed by atoms with Gasteiger partial charge in [-0.05, 0) is 31.1 Å². The maximum atomic E-state index is 10.5. The van der Waals surface area contributed by atoms with E-state index in [9.17, 15) is 4.79 Å². The average molecular weight is 138 g/mol. The predicted octanol–water partition coefficient (Wildman–Crippen LogP) is 1.43. The molecule has 2 unspecified atom stereocenters. The van der Waals surface area contributed by atoms with Crippen LogP contribution in [0.15, 0.2) is 11.6 Å². The van der Waals surface area contributed by atoms with Crippen molar-refractivity contribution >= 4 is 5.97 Å². The summed E-state index contributed by atoms with van der Waals surface area (Å²) >= 11 is 0. The van der Waals surface area contributed by atoms with Crippen LogP contribution in [0.25, 0.3) is 0 Å². The fourth-order valence-electron chi connectivity index (χ4n) is 2.09. The highest BCUT2D eigenvalue weighted by atomic mass is 16.4. The third kappa shape index (κ3) is 0.681. The summed E-state index contributed by atoms with van der Waals surface area (Å²) in [6.07, 6.45) is 5.35. The van der Waals surface area contributed by atoms with E-state index in [2.05, 4.69) is 0 Å². The summed E-state index contributed by atoms with van der Waals surface area (Å²) in [4.78, 5) is 10.5. The van der Waals surface area contributed by atoms with Crippen LogP contribution in [0.3, 0.4) is 0 Å². The number of carboxylic acids is 1. The Balaban J connectivity index is 2.25. The summed E-state index contributed by atoms with van der Waals surface area (Å²) in [6, 6.07) is 0. The van der Waals surface area contributed by atoms with Crippen LogP contribution < -0.4 is 0 Å².